The Hall–Kier alpha value is -1.24. The molecule has 1 aromatic heterocycles. The smallest absolute Gasteiger partial charge is 0.137 e. The molecule has 3 rings (SSSR count). The van der Waals surface area contributed by atoms with Gasteiger partial charge in [-0.3, -0.25) is 0 Å². The Morgan fingerprint density at radius 2 is 2.35 bits per heavy atom. The van der Waals surface area contributed by atoms with Crippen molar-refractivity contribution in [3.8, 4) is 0 Å². The molecule has 0 aliphatic carbocycles. The number of para-hydroxylation sites is 1. The van der Waals surface area contributed by atoms with E-state index in [1.54, 1.807) is 6.33 Å². The molecule has 1 fully saturated rings. The third-order valence-electron chi connectivity index (χ3n) is 3.45. The van der Waals surface area contributed by atoms with Crippen molar-refractivity contribution in [2.75, 3.05) is 38.6 Å². The minimum absolute atomic E-state index is 0.200. The van der Waals surface area contributed by atoms with Gasteiger partial charge >= 0.3 is 0 Å². The lowest BCUT2D eigenvalue weighted by Crippen LogP contribution is -2.43. The molecular weight excluding hydrogens is 320 g/mol. The van der Waals surface area contributed by atoms with Crippen LogP contribution in [0.5, 0.6) is 0 Å². The van der Waals surface area contributed by atoms with Gasteiger partial charge in [0.2, 0.25) is 0 Å². The van der Waals surface area contributed by atoms with E-state index < -0.39 is 0 Å². The normalized spacial score (nSPS) is 20.2. The maximum absolute atomic E-state index is 5.75. The van der Waals surface area contributed by atoms with Gasteiger partial charge in [-0.15, -0.1) is 0 Å². The van der Waals surface area contributed by atoms with Crippen LogP contribution in [0.2, 0.25) is 0 Å². The van der Waals surface area contributed by atoms with Gasteiger partial charge < -0.3 is 15.0 Å². The molecule has 1 N–H and O–H groups in total. The van der Waals surface area contributed by atoms with Gasteiger partial charge in [0.05, 0.1) is 18.2 Å². The van der Waals surface area contributed by atoms with E-state index in [0.29, 0.717) is 0 Å². The summed E-state index contributed by atoms with van der Waals surface area (Å²) in [5, 5.41) is 4.40. The number of fused-ring (bicyclic) bond motifs is 1. The Morgan fingerprint density at radius 1 is 1.45 bits per heavy atom. The van der Waals surface area contributed by atoms with Crippen LogP contribution in [-0.4, -0.2) is 54.3 Å². The van der Waals surface area contributed by atoms with E-state index in [1.165, 1.54) is 0 Å². The second-order valence-corrected chi connectivity index (χ2v) is 5.85. The van der Waals surface area contributed by atoms with Crippen LogP contribution in [0.25, 0.3) is 10.9 Å². The van der Waals surface area contributed by atoms with Crippen molar-refractivity contribution in [1.82, 2.24) is 14.9 Å². The number of nitrogens with zero attached hydrogens (tertiary/aromatic N) is 3. The molecule has 2 aromatic rings. The fraction of sp³-hybridized carbons (Fsp3) is 0.429. The van der Waals surface area contributed by atoms with E-state index in [9.17, 15) is 0 Å². The highest BCUT2D eigenvalue weighted by Crippen LogP contribution is 2.25. The quantitative estimate of drug-likeness (QED) is 0.930. The third kappa shape index (κ3) is 2.92. The molecule has 0 saturated carbocycles. The largest absolute Gasteiger partial charge is 0.374 e. The van der Waals surface area contributed by atoms with Gasteiger partial charge in [-0.25, -0.2) is 9.97 Å². The number of nitrogens with one attached hydrogen (secondary N) is 1. The molecule has 0 radical (unpaired) electrons. The van der Waals surface area contributed by atoms with Crippen LogP contribution in [0, 0.1) is 0 Å². The monoisotopic (exact) mass is 336 g/mol. The van der Waals surface area contributed by atoms with Crippen molar-refractivity contribution in [3.05, 3.63) is 29.0 Å². The highest BCUT2D eigenvalue weighted by atomic mass is 79.9. The number of halogens is 1. The first-order valence-corrected chi connectivity index (χ1v) is 7.46. The molecule has 1 aliphatic heterocycles. The molecule has 20 heavy (non-hydrogen) atoms. The van der Waals surface area contributed by atoms with E-state index in [4.69, 9.17) is 4.74 Å². The Bertz CT molecular complexity index is 607. The maximum atomic E-state index is 5.75. The number of anilines is 1. The molecule has 0 spiro atoms. The van der Waals surface area contributed by atoms with Gasteiger partial charge in [0.25, 0.3) is 0 Å². The molecule has 1 atom stereocenters. The average molecular weight is 337 g/mol. The zero-order chi connectivity index (χ0) is 13.9. The molecule has 6 heteroatoms. The van der Waals surface area contributed by atoms with Crippen molar-refractivity contribution >= 4 is 32.7 Å². The molecule has 1 aliphatic rings. The van der Waals surface area contributed by atoms with Crippen LogP contribution in [-0.2, 0) is 4.74 Å². The molecule has 1 aromatic carbocycles. The number of hydrogen-bond donors (Lipinski definition) is 1. The summed E-state index contributed by atoms with van der Waals surface area (Å²) in [7, 11) is 2.12. The van der Waals surface area contributed by atoms with E-state index in [-0.39, 0.29) is 6.10 Å². The number of benzene rings is 1. The highest BCUT2D eigenvalue weighted by molar-refractivity contribution is 9.10. The van der Waals surface area contributed by atoms with E-state index in [1.807, 2.05) is 18.2 Å². The van der Waals surface area contributed by atoms with Gasteiger partial charge in [0.1, 0.15) is 12.1 Å². The van der Waals surface area contributed by atoms with Crippen LogP contribution in [0.15, 0.2) is 29.0 Å². The lowest BCUT2D eigenvalue weighted by Gasteiger charge is -2.30. The zero-order valence-corrected chi connectivity index (χ0v) is 12.9. The molecule has 0 bridgehead atoms. The van der Waals surface area contributed by atoms with Crippen LogP contribution in [0.3, 0.4) is 0 Å². The SMILES string of the molecule is CN1CCO[C@H](CNc2ncnc3c(Br)cccc23)C1. The Labute approximate surface area is 126 Å². The molecular formula is C14H17BrN4O. The predicted molar refractivity (Wildman–Crippen MR) is 83.0 cm³/mol. The lowest BCUT2D eigenvalue weighted by atomic mass is 10.2. The summed E-state index contributed by atoms with van der Waals surface area (Å²) in [5.41, 5.74) is 0.923. The number of rotatable bonds is 3. The molecule has 0 amide bonds. The summed E-state index contributed by atoms with van der Waals surface area (Å²) in [6.45, 7) is 3.49. The Kier molecular flexibility index (Phi) is 4.14. The van der Waals surface area contributed by atoms with E-state index >= 15 is 0 Å². The third-order valence-corrected chi connectivity index (χ3v) is 4.09. The van der Waals surface area contributed by atoms with E-state index in [2.05, 4.69) is 43.2 Å². The van der Waals surface area contributed by atoms with Gasteiger partial charge in [-0.05, 0) is 35.1 Å². The first-order chi connectivity index (χ1) is 9.74. The van der Waals surface area contributed by atoms with Crippen LogP contribution in [0.4, 0.5) is 5.82 Å². The highest BCUT2D eigenvalue weighted by Gasteiger charge is 2.17. The fourth-order valence-corrected chi connectivity index (χ4v) is 2.86. The summed E-state index contributed by atoms with van der Waals surface area (Å²) in [6.07, 6.45) is 1.79. The van der Waals surface area contributed by atoms with Crippen molar-refractivity contribution in [1.29, 1.82) is 0 Å². The van der Waals surface area contributed by atoms with Crippen LogP contribution < -0.4 is 5.32 Å². The summed E-state index contributed by atoms with van der Waals surface area (Å²) >= 11 is 3.52. The Balaban J connectivity index is 1.76. The minimum Gasteiger partial charge on any atom is -0.374 e. The first kappa shape index (κ1) is 13.7. The summed E-state index contributed by atoms with van der Waals surface area (Å²) < 4.78 is 6.73. The predicted octanol–water partition coefficient (Wildman–Crippen LogP) is 2.13. The Morgan fingerprint density at radius 3 is 3.20 bits per heavy atom. The van der Waals surface area contributed by atoms with Crippen molar-refractivity contribution in [3.63, 3.8) is 0 Å². The number of aromatic nitrogens is 2. The first-order valence-electron chi connectivity index (χ1n) is 6.67. The minimum atomic E-state index is 0.200. The summed E-state index contributed by atoms with van der Waals surface area (Å²) in [5.74, 6) is 0.855. The molecule has 0 unspecified atom stereocenters. The standard InChI is InChI=1S/C14H17BrN4O/c1-19-5-6-20-10(8-19)7-16-14-11-3-2-4-12(15)13(11)17-9-18-14/h2-4,9-10H,5-8H2,1H3,(H,16,17,18)/t10-/m1/s1. The lowest BCUT2D eigenvalue weighted by molar-refractivity contribution is -0.0117. The molecule has 106 valence electrons. The second kappa shape index (κ2) is 6.03. The van der Waals surface area contributed by atoms with Crippen molar-refractivity contribution < 1.29 is 4.74 Å². The topological polar surface area (TPSA) is 50.3 Å². The fourth-order valence-electron chi connectivity index (χ4n) is 2.39. The van der Waals surface area contributed by atoms with Gasteiger partial charge in [-0.1, -0.05) is 6.07 Å². The average Bonchev–Trinajstić information content (AvgIpc) is 2.46. The van der Waals surface area contributed by atoms with Gasteiger partial charge in [0, 0.05) is 29.5 Å². The van der Waals surface area contributed by atoms with Crippen LogP contribution >= 0.6 is 15.9 Å². The molecule has 1 saturated heterocycles. The van der Waals surface area contributed by atoms with Crippen molar-refractivity contribution in [2.24, 2.45) is 0 Å². The zero-order valence-electron chi connectivity index (χ0n) is 11.3. The molecule has 5 nitrogen and oxygen atoms in total. The molecule has 2 heterocycles. The summed E-state index contributed by atoms with van der Waals surface area (Å²) in [6, 6.07) is 6.00. The second-order valence-electron chi connectivity index (χ2n) is 4.99. The van der Waals surface area contributed by atoms with Crippen molar-refractivity contribution in [2.45, 2.75) is 6.10 Å². The van der Waals surface area contributed by atoms with Gasteiger partial charge in [-0.2, -0.15) is 0 Å². The number of morpholine rings is 1. The van der Waals surface area contributed by atoms with E-state index in [0.717, 1.165) is 47.4 Å². The number of likely N-dealkylation sites (N-methyl/N-ethyl adjacent to an activating group) is 1. The van der Waals surface area contributed by atoms with Crippen LogP contribution in [0.1, 0.15) is 0 Å². The number of ether oxygens (including phenoxy) is 1. The maximum Gasteiger partial charge on any atom is 0.137 e. The number of hydrogen-bond acceptors (Lipinski definition) is 5. The van der Waals surface area contributed by atoms with Gasteiger partial charge in [0.15, 0.2) is 0 Å². The summed E-state index contributed by atoms with van der Waals surface area (Å²) in [4.78, 5) is 10.9.